The number of benzene rings is 2. The highest BCUT2D eigenvalue weighted by molar-refractivity contribution is 8.01. The number of nitro benzene ring substituents is 1. The van der Waals surface area contributed by atoms with Gasteiger partial charge in [0.05, 0.1) is 14.7 Å². The number of rotatable bonds is 3. The summed E-state index contributed by atoms with van der Waals surface area (Å²) in [6.07, 6.45) is 3.12. The van der Waals surface area contributed by atoms with Gasteiger partial charge in [-0.15, -0.1) is 0 Å². The lowest BCUT2D eigenvalue weighted by Gasteiger charge is -2.13. The summed E-state index contributed by atoms with van der Waals surface area (Å²) in [5, 5.41) is 17.8. The maximum atomic E-state index is 13.2. The van der Waals surface area contributed by atoms with E-state index in [0.717, 1.165) is 24.3 Å². The van der Waals surface area contributed by atoms with Crippen LogP contribution < -0.4 is 4.72 Å². The average Bonchev–Trinajstić information content (AvgIpc) is 2.96. The third-order valence-corrected chi connectivity index (χ3v) is 7.17. The van der Waals surface area contributed by atoms with Gasteiger partial charge >= 0.3 is 0 Å². The van der Waals surface area contributed by atoms with E-state index < -0.39 is 25.2 Å². The SMILES string of the molecule is C[SH]1(=O)NC(=N)c2ncc(-c3cccc(F)c3)cc21.O=[N+]([O-])c1ccc(S(=O)(=O)O)cc1. The molecule has 3 N–H and O–H groups in total. The third-order valence-electron chi connectivity index (χ3n) is 4.39. The number of pyridine rings is 1. The number of halogens is 1. The van der Waals surface area contributed by atoms with Crippen LogP contribution in [0.1, 0.15) is 5.69 Å². The zero-order valence-corrected chi connectivity index (χ0v) is 18.1. The lowest BCUT2D eigenvalue weighted by atomic mass is 10.1. The highest BCUT2D eigenvalue weighted by atomic mass is 32.3. The van der Waals surface area contributed by atoms with Crippen LogP contribution in [0, 0.1) is 21.3 Å². The highest BCUT2D eigenvalue weighted by Gasteiger charge is 2.29. The molecule has 0 amide bonds. The van der Waals surface area contributed by atoms with Gasteiger partial charge in [-0.2, -0.15) is 8.42 Å². The molecular weight excluding hydrogens is 463 g/mol. The lowest BCUT2D eigenvalue weighted by molar-refractivity contribution is -0.384. The van der Waals surface area contributed by atoms with Gasteiger partial charge in [0.25, 0.3) is 15.8 Å². The molecule has 1 aliphatic rings. The summed E-state index contributed by atoms with van der Waals surface area (Å²) in [5.74, 6) is -0.254. The van der Waals surface area contributed by atoms with Gasteiger partial charge in [-0.05, 0) is 46.0 Å². The Kier molecular flexibility index (Phi) is 6.16. The molecule has 0 spiro atoms. The Hall–Kier alpha value is -3.55. The number of thiol groups is 1. The fourth-order valence-electron chi connectivity index (χ4n) is 2.86. The normalized spacial score (nSPS) is 15.0. The maximum absolute atomic E-state index is 13.2. The summed E-state index contributed by atoms with van der Waals surface area (Å²) < 4.78 is 57.7. The molecule has 0 aliphatic carbocycles. The first-order valence-electron chi connectivity index (χ1n) is 8.82. The predicted molar refractivity (Wildman–Crippen MR) is 116 cm³/mol. The Morgan fingerprint density at radius 2 is 1.81 bits per heavy atom. The number of hydrogen-bond donors (Lipinski definition) is 4. The summed E-state index contributed by atoms with van der Waals surface area (Å²) in [6, 6.07) is 11.8. The molecule has 2 heterocycles. The number of fused-ring (bicyclic) bond motifs is 1. The zero-order valence-electron chi connectivity index (χ0n) is 16.4. The summed E-state index contributed by atoms with van der Waals surface area (Å²) in [5.41, 5.74) is 1.55. The molecule has 1 aliphatic heterocycles. The van der Waals surface area contributed by atoms with E-state index in [-0.39, 0.29) is 22.2 Å². The Morgan fingerprint density at radius 3 is 2.38 bits per heavy atom. The van der Waals surface area contributed by atoms with Crippen molar-refractivity contribution >= 4 is 31.8 Å². The van der Waals surface area contributed by atoms with E-state index in [1.54, 1.807) is 30.7 Å². The van der Waals surface area contributed by atoms with Gasteiger partial charge in [0.2, 0.25) is 0 Å². The fourth-order valence-corrected chi connectivity index (χ4v) is 4.96. The monoisotopic (exact) mass is 480 g/mol. The first-order chi connectivity index (χ1) is 14.9. The fraction of sp³-hybridized carbons (Fsp3) is 0.0526. The molecule has 0 saturated carbocycles. The molecule has 4 rings (SSSR count). The van der Waals surface area contributed by atoms with Crippen molar-refractivity contribution in [3.05, 3.63) is 82.4 Å². The van der Waals surface area contributed by atoms with Crippen LogP contribution in [0.25, 0.3) is 11.1 Å². The topological polar surface area (TPSA) is 163 Å². The van der Waals surface area contributed by atoms with Gasteiger partial charge < -0.3 is 4.72 Å². The number of hydrogen-bond acceptors (Lipinski definition) is 7. The minimum absolute atomic E-state index is 0.0756. The largest absolute Gasteiger partial charge is 0.307 e. The van der Waals surface area contributed by atoms with E-state index in [2.05, 4.69) is 9.71 Å². The van der Waals surface area contributed by atoms with Crippen molar-refractivity contribution in [1.29, 1.82) is 5.41 Å². The van der Waals surface area contributed by atoms with Crippen molar-refractivity contribution in [2.45, 2.75) is 9.79 Å². The standard InChI is InChI=1S/C13H12FN3OS.C6H5NO5S/c1-19(18)11-6-9(7-16-12(11)13(15)17-19)8-3-2-4-10(14)5-8;8-7(9)5-1-3-6(4-2-5)13(10,11)12/h2-7,19H,1H3,(H2,15,17,18);1-4H,(H,10,11,12). The van der Waals surface area contributed by atoms with E-state index in [1.165, 1.54) is 12.1 Å². The van der Waals surface area contributed by atoms with Crippen LogP contribution in [0.5, 0.6) is 0 Å². The molecule has 0 fully saturated rings. The molecule has 168 valence electrons. The van der Waals surface area contributed by atoms with Crippen molar-refractivity contribution in [3.63, 3.8) is 0 Å². The molecule has 0 radical (unpaired) electrons. The minimum Gasteiger partial charge on any atom is -0.307 e. The molecule has 0 bridgehead atoms. The van der Waals surface area contributed by atoms with E-state index >= 15 is 0 Å². The first kappa shape index (κ1) is 23.1. The van der Waals surface area contributed by atoms with Crippen LogP contribution in [0.3, 0.4) is 0 Å². The molecule has 0 saturated heterocycles. The first-order valence-corrected chi connectivity index (χ1v) is 12.4. The van der Waals surface area contributed by atoms with Gasteiger partial charge in [0.1, 0.15) is 11.5 Å². The number of nitrogens with one attached hydrogen (secondary N) is 2. The van der Waals surface area contributed by atoms with Crippen molar-refractivity contribution < 1.29 is 26.5 Å². The molecule has 2 aromatic carbocycles. The van der Waals surface area contributed by atoms with Crippen LogP contribution in [0.2, 0.25) is 0 Å². The summed E-state index contributed by atoms with van der Waals surface area (Å²) in [4.78, 5) is 13.8. The number of amidine groups is 1. The van der Waals surface area contributed by atoms with Gasteiger partial charge in [-0.25, -0.2) is 4.39 Å². The van der Waals surface area contributed by atoms with Crippen LogP contribution in [-0.4, -0.2) is 39.2 Å². The summed E-state index contributed by atoms with van der Waals surface area (Å²) in [7, 11) is -7.05. The second-order valence-corrected chi connectivity index (χ2v) is 10.7. The molecule has 0 unspecified atom stereocenters. The van der Waals surface area contributed by atoms with Crippen molar-refractivity contribution in [2.75, 3.05) is 6.26 Å². The van der Waals surface area contributed by atoms with Gasteiger partial charge in [0.15, 0.2) is 5.84 Å². The van der Waals surface area contributed by atoms with Crippen LogP contribution in [0.15, 0.2) is 70.6 Å². The quantitative estimate of drug-likeness (QED) is 0.194. The number of nitro groups is 1. The molecular formula is C19H17FN4O6S2. The smallest absolute Gasteiger partial charge is 0.294 e. The van der Waals surface area contributed by atoms with Crippen LogP contribution >= 0.6 is 0 Å². The molecule has 13 heteroatoms. The number of aromatic nitrogens is 1. The minimum atomic E-state index is -4.27. The van der Waals surface area contributed by atoms with E-state index in [4.69, 9.17) is 9.96 Å². The van der Waals surface area contributed by atoms with E-state index in [9.17, 15) is 27.1 Å². The van der Waals surface area contributed by atoms with E-state index in [1.807, 2.05) is 0 Å². The molecule has 3 aromatic rings. The van der Waals surface area contributed by atoms with Crippen LogP contribution in [0.4, 0.5) is 10.1 Å². The molecule has 10 nitrogen and oxygen atoms in total. The lowest BCUT2D eigenvalue weighted by Crippen LogP contribution is -2.26. The zero-order chi connectivity index (χ0) is 23.7. The number of nitrogens with zero attached hydrogens (tertiary/aromatic N) is 2. The van der Waals surface area contributed by atoms with Crippen molar-refractivity contribution in [2.24, 2.45) is 0 Å². The Labute approximate surface area is 183 Å². The third kappa shape index (κ3) is 5.01. The number of non-ortho nitro benzene ring substituents is 1. The Morgan fingerprint density at radius 1 is 1.16 bits per heavy atom. The molecule has 32 heavy (non-hydrogen) atoms. The summed E-state index contributed by atoms with van der Waals surface area (Å²) >= 11 is 0. The van der Waals surface area contributed by atoms with Gasteiger partial charge in [-0.3, -0.25) is 29.3 Å². The molecule has 0 atom stereocenters. The average molecular weight is 480 g/mol. The summed E-state index contributed by atoms with van der Waals surface area (Å²) in [6.45, 7) is 0. The Bertz CT molecular complexity index is 1380. The van der Waals surface area contributed by atoms with Crippen molar-refractivity contribution in [3.8, 4) is 11.1 Å². The van der Waals surface area contributed by atoms with Crippen molar-refractivity contribution in [1.82, 2.24) is 9.71 Å². The van der Waals surface area contributed by atoms with E-state index in [0.29, 0.717) is 21.7 Å². The predicted octanol–water partition coefficient (Wildman–Crippen LogP) is 2.58. The van der Waals surface area contributed by atoms with Gasteiger partial charge in [0, 0.05) is 30.1 Å². The molecule has 1 aromatic heterocycles. The Balaban J connectivity index is 0.000000195. The second kappa shape index (κ2) is 8.53. The second-order valence-electron chi connectivity index (χ2n) is 6.74. The van der Waals surface area contributed by atoms with Gasteiger partial charge in [-0.1, -0.05) is 12.1 Å². The maximum Gasteiger partial charge on any atom is 0.294 e. The highest BCUT2D eigenvalue weighted by Crippen LogP contribution is 2.29. The van der Waals surface area contributed by atoms with Crippen LogP contribution in [-0.2, 0) is 20.2 Å².